The largest absolute Gasteiger partial charge is 0.348 e. The van der Waals surface area contributed by atoms with Crippen molar-refractivity contribution >= 4 is 15.7 Å². The van der Waals surface area contributed by atoms with Crippen LogP contribution in [0.15, 0.2) is 30.7 Å². The summed E-state index contributed by atoms with van der Waals surface area (Å²) in [4.78, 5) is 28.1. The number of imidazole rings is 1. The summed E-state index contributed by atoms with van der Waals surface area (Å²) in [5.41, 5.74) is 1.97. The highest BCUT2D eigenvalue weighted by Crippen LogP contribution is 2.29. The van der Waals surface area contributed by atoms with E-state index in [-0.39, 0.29) is 29.5 Å². The van der Waals surface area contributed by atoms with Gasteiger partial charge in [-0.25, -0.2) is 13.4 Å². The molecule has 1 amide bonds. The third-order valence-corrected chi connectivity index (χ3v) is 6.87. The summed E-state index contributed by atoms with van der Waals surface area (Å²) >= 11 is 0. The average molecular weight is 375 g/mol. The quantitative estimate of drug-likeness (QED) is 0.825. The Labute approximate surface area is 152 Å². The predicted molar refractivity (Wildman–Crippen MR) is 95.2 cm³/mol. The van der Waals surface area contributed by atoms with E-state index in [0.717, 1.165) is 5.69 Å². The van der Waals surface area contributed by atoms with E-state index in [1.54, 1.807) is 18.0 Å². The smallest absolute Gasteiger partial charge is 0.274 e. The summed E-state index contributed by atoms with van der Waals surface area (Å²) in [6.45, 7) is 3.47. The molecule has 0 radical (unpaired) electrons. The number of carbonyl (C=O) groups is 1. The molecule has 8 nitrogen and oxygen atoms in total. The molecule has 4 rings (SSSR count). The number of H-pyrrole nitrogens is 1. The van der Waals surface area contributed by atoms with Gasteiger partial charge in [-0.3, -0.25) is 14.7 Å². The molecule has 0 bridgehead atoms. The second-order valence-corrected chi connectivity index (χ2v) is 9.03. The molecule has 9 heteroatoms. The molecule has 2 saturated heterocycles. The lowest BCUT2D eigenvalue weighted by Crippen LogP contribution is -2.60. The Kier molecular flexibility index (Phi) is 4.28. The van der Waals surface area contributed by atoms with Crippen LogP contribution in [-0.4, -0.2) is 75.8 Å². The molecule has 138 valence electrons. The highest BCUT2D eigenvalue weighted by molar-refractivity contribution is 7.91. The minimum absolute atomic E-state index is 0.00555. The molecular formula is C17H21N5O3S. The fourth-order valence-corrected chi connectivity index (χ4v) is 5.90. The van der Waals surface area contributed by atoms with Crippen LogP contribution in [0.25, 0.3) is 0 Å². The van der Waals surface area contributed by atoms with Gasteiger partial charge in [-0.1, -0.05) is 6.07 Å². The van der Waals surface area contributed by atoms with Gasteiger partial charge in [0.25, 0.3) is 5.91 Å². The Balaban J connectivity index is 1.60. The van der Waals surface area contributed by atoms with E-state index in [2.05, 4.69) is 19.9 Å². The average Bonchev–Trinajstić information content (AvgIpc) is 3.17. The number of nitrogens with one attached hydrogen (secondary N) is 1. The first kappa shape index (κ1) is 17.2. The third kappa shape index (κ3) is 3.12. The van der Waals surface area contributed by atoms with E-state index in [1.807, 2.05) is 18.2 Å². The van der Waals surface area contributed by atoms with Crippen molar-refractivity contribution in [1.29, 1.82) is 0 Å². The van der Waals surface area contributed by atoms with Crippen LogP contribution in [0.1, 0.15) is 21.9 Å². The van der Waals surface area contributed by atoms with Gasteiger partial charge >= 0.3 is 0 Å². The van der Waals surface area contributed by atoms with Gasteiger partial charge < -0.3 is 9.88 Å². The molecule has 4 heterocycles. The van der Waals surface area contributed by atoms with E-state index < -0.39 is 9.84 Å². The highest BCUT2D eigenvalue weighted by Gasteiger charge is 2.48. The van der Waals surface area contributed by atoms with Crippen molar-refractivity contribution in [3.05, 3.63) is 47.8 Å². The number of piperazine rings is 1. The number of rotatable bonds is 3. The number of aromatic amines is 1. The number of amides is 1. The van der Waals surface area contributed by atoms with E-state index in [4.69, 9.17) is 0 Å². The maximum atomic E-state index is 12.9. The minimum Gasteiger partial charge on any atom is -0.348 e. The summed E-state index contributed by atoms with van der Waals surface area (Å²) in [5.74, 6) is -0.118. The molecule has 0 unspecified atom stereocenters. The monoisotopic (exact) mass is 375 g/mol. The van der Waals surface area contributed by atoms with Gasteiger partial charge in [0, 0.05) is 37.6 Å². The fourth-order valence-electron chi connectivity index (χ4n) is 3.88. The number of sulfone groups is 1. The summed E-state index contributed by atoms with van der Waals surface area (Å²) in [6, 6.07) is 5.16. The van der Waals surface area contributed by atoms with E-state index in [1.165, 1.54) is 6.33 Å². The number of fused-ring (bicyclic) bond motifs is 1. The molecule has 1 N–H and O–H groups in total. The maximum Gasteiger partial charge on any atom is 0.274 e. The molecule has 2 fully saturated rings. The normalized spacial score (nSPS) is 25.2. The zero-order chi connectivity index (χ0) is 18.3. The number of aryl methyl sites for hydroxylation is 1. The van der Waals surface area contributed by atoms with Gasteiger partial charge in [0.15, 0.2) is 9.84 Å². The third-order valence-electron chi connectivity index (χ3n) is 5.18. The fraction of sp³-hybridized carbons (Fsp3) is 0.471. The number of hydrogen-bond donors (Lipinski definition) is 1. The molecule has 2 aromatic heterocycles. The zero-order valence-corrected chi connectivity index (χ0v) is 15.3. The second-order valence-electron chi connectivity index (χ2n) is 6.88. The van der Waals surface area contributed by atoms with Crippen molar-refractivity contribution in [3.63, 3.8) is 0 Å². The van der Waals surface area contributed by atoms with Crippen LogP contribution in [-0.2, 0) is 16.4 Å². The van der Waals surface area contributed by atoms with Crippen molar-refractivity contribution in [2.24, 2.45) is 0 Å². The summed E-state index contributed by atoms with van der Waals surface area (Å²) in [6.07, 6.45) is 3.22. The molecule has 2 aliphatic heterocycles. The summed E-state index contributed by atoms with van der Waals surface area (Å²) < 4.78 is 24.6. The molecular weight excluding hydrogens is 354 g/mol. The number of nitrogens with zero attached hydrogens (tertiary/aromatic N) is 4. The maximum absolute atomic E-state index is 12.9. The Morgan fingerprint density at radius 3 is 2.73 bits per heavy atom. The molecule has 0 aromatic carbocycles. The minimum atomic E-state index is -3.18. The van der Waals surface area contributed by atoms with Crippen LogP contribution in [0.3, 0.4) is 0 Å². The number of hydrogen-bond acceptors (Lipinski definition) is 6. The van der Waals surface area contributed by atoms with Crippen molar-refractivity contribution in [2.45, 2.75) is 25.6 Å². The lowest BCUT2D eigenvalue weighted by molar-refractivity contribution is 0.0297. The van der Waals surface area contributed by atoms with Crippen LogP contribution in [0.2, 0.25) is 0 Å². The molecule has 2 aromatic rings. The summed E-state index contributed by atoms with van der Waals surface area (Å²) in [5, 5.41) is 0. The van der Waals surface area contributed by atoms with Crippen LogP contribution in [0.4, 0.5) is 0 Å². The first-order valence-electron chi connectivity index (χ1n) is 8.60. The van der Waals surface area contributed by atoms with Crippen molar-refractivity contribution in [3.8, 4) is 0 Å². The number of pyridine rings is 1. The predicted octanol–water partition coefficient (Wildman–Crippen LogP) is 0.237. The van der Waals surface area contributed by atoms with Gasteiger partial charge in [0.2, 0.25) is 0 Å². The highest BCUT2D eigenvalue weighted by atomic mass is 32.2. The van der Waals surface area contributed by atoms with Crippen LogP contribution >= 0.6 is 0 Å². The molecule has 0 aliphatic carbocycles. The van der Waals surface area contributed by atoms with Crippen LogP contribution < -0.4 is 0 Å². The van der Waals surface area contributed by atoms with E-state index >= 15 is 0 Å². The van der Waals surface area contributed by atoms with Gasteiger partial charge in [-0.05, 0) is 19.1 Å². The lowest BCUT2D eigenvalue weighted by Gasteiger charge is -2.43. The zero-order valence-electron chi connectivity index (χ0n) is 14.5. The molecule has 2 aliphatic rings. The first-order valence-corrected chi connectivity index (χ1v) is 10.4. The van der Waals surface area contributed by atoms with Gasteiger partial charge in [0.05, 0.1) is 29.6 Å². The van der Waals surface area contributed by atoms with Crippen LogP contribution in [0, 0.1) is 6.92 Å². The van der Waals surface area contributed by atoms with Crippen LogP contribution in [0.5, 0.6) is 0 Å². The number of aromatic nitrogens is 3. The van der Waals surface area contributed by atoms with Gasteiger partial charge in [-0.15, -0.1) is 0 Å². The van der Waals surface area contributed by atoms with Gasteiger partial charge in [0.1, 0.15) is 5.69 Å². The van der Waals surface area contributed by atoms with E-state index in [0.29, 0.717) is 31.0 Å². The van der Waals surface area contributed by atoms with Crippen molar-refractivity contribution in [2.75, 3.05) is 24.6 Å². The Morgan fingerprint density at radius 1 is 1.23 bits per heavy atom. The van der Waals surface area contributed by atoms with Gasteiger partial charge in [-0.2, -0.15) is 0 Å². The topological polar surface area (TPSA) is 99.3 Å². The molecule has 26 heavy (non-hydrogen) atoms. The molecule has 0 spiro atoms. The SMILES string of the molecule is Cc1[nH]cnc1C(=O)N1CCN(Cc2ccccn2)[C@@H]2CS(=O)(=O)C[C@@H]21. The lowest BCUT2D eigenvalue weighted by atomic mass is 10.0. The summed E-state index contributed by atoms with van der Waals surface area (Å²) in [7, 11) is -3.18. The Hall–Kier alpha value is -2.26. The molecule has 0 saturated carbocycles. The standard InChI is InChI=1S/C17H21N5O3S/c1-12-16(20-11-19-12)17(23)22-7-6-21(8-13-4-2-3-5-18-13)14-9-26(24,25)10-15(14)22/h2-5,11,14-15H,6-10H2,1H3,(H,19,20)/t14-,15+/m1/s1. The van der Waals surface area contributed by atoms with Crippen molar-refractivity contribution < 1.29 is 13.2 Å². The van der Waals surface area contributed by atoms with Crippen molar-refractivity contribution in [1.82, 2.24) is 24.8 Å². The first-order chi connectivity index (χ1) is 12.4. The van der Waals surface area contributed by atoms with E-state index in [9.17, 15) is 13.2 Å². The molecule has 2 atom stereocenters. The Morgan fingerprint density at radius 2 is 2.04 bits per heavy atom. The Bertz CT molecular complexity index is 911. The second kappa shape index (κ2) is 6.48. The number of carbonyl (C=O) groups excluding carboxylic acids is 1.